The van der Waals surface area contributed by atoms with Crippen LogP contribution in [0.2, 0.25) is 0 Å². The number of rotatable bonds is 2. The number of nitrogens with zero attached hydrogens (tertiary/aromatic N) is 1. The first-order valence-corrected chi connectivity index (χ1v) is 6.74. The van der Waals surface area contributed by atoms with E-state index in [1.807, 2.05) is 31.3 Å². The van der Waals surface area contributed by atoms with E-state index in [0.29, 0.717) is 11.3 Å². The standard InChI is InChI=1S/C15H13NO2S/c1-16-11-5-3-4-6-14(11)19-15-7-10(9-17)13(18-2)8-12(15)16/h3-9H,1-2H3. The number of carbonyl (C=O) groups is 1. The van der Waals surface area contributed by atoms with Crippen LogP contribution in [0.1, 0.15) is 10.4 Å². The zero-order valence-electron chi connectivity index (χ0n) is 10.7. The van der Waals surface area contributed by atoms with Crippen molar-refractivity contribution in [2.24, 2.45) is 0 Å². The van der Waals surface area contributed by atoms with E-state index in [4.69, 9.17) is 4.74 Å². The number of benzene rings is 2. The van der Waals surface area contributed by atoms with E-state index in [1.54, 1.807) is 18.9 Å². The Morgan fingerprint density at radius 1 is 1.16 bits per heavy atom. The number of carbonyl (C=O) groups excluding carboxylic acids is 1. The van der Waals surface area contributed by atoms with Crippen molar-refractivity contribution in [2.45, 2.75) is 9.79 Å². The number of hydrogen-bond acceptors (Lipinski definition) is 4. The van der Waals surface area contributed by atoms with Crippen molar-refractivity contribution >= 4 is 29.4 Å². The van der Waals surface area contributed by atoms with E-state index < -0.39 is 0 Å². The van der Waals surface area contributed by atoms with Crippen LogP contribution >= 0.6 is 11.8 Å². The number of hydrogen-bond donors (Lipinski definition) is 0. The zero-order valence-corrected chi connectivity index (χ0v) is 11.5. The molecule has 0 saturated carbocycles. The van der Waals surface area contributed by atoms with E-state index in [1.165, 1.54) is 10.6 Å². The summed E-state index contributed by atoms with van der Waals surface area (Å²) in [5.74, 6) is 0.612. The summed E-state index contributed by atoms with van der Waals surface area (Å²) in [7, 11) is 3.61. The topological polar surface area (TPSA) is 29.5 Å². The second-order valence-electron chi connectivity index (χ2n) is 4.31. The van der Waals surface area contributed by atoms with Gasteiger partial charge in [0, 0.05) is 22.9 Å². The molecule has 1 aliphatic heterocycles. The molecule has 0 bridgehead atoms. The van der Waals surface area contributed by atoms with Crippen LogP contribution in [-0.4, -0.2) is 20.4 Å². The smallest absolute Gasteiger partial charge is 0.153 e. The summed E-state index contributed by atoms with van der Waals surface area (Å²) < 4.78 is 5.27. The fraction of sp³-hybridized carbons (Fsp3) is 0.133. The van der Waals surface area contributed by atoms with Gasteiger partial charge in [0.05, 0.1) is 24.0 Å². The molecule has 1 heterocycles. The van der Waals surface area contributed by atoms with E-state index in [2.05, 4.69) is 17.0 Å². The van der Waals surface area contributed by atoms with Gasteiger partial charge in [0.1, 0.15) is 5.75 Å². The molecule has 0 unspecified atom stereocenters. The molecule has 0 atom stereocenters. The van der Waals surface area contributed by atoms with Crippen LogP contribution in [0.15, 0.2) is 46.2 Å². The van der Waals surface area contributed by atoms with Gasteiger partial charge in [-0.3, -0.25) is 4.79 Å². The van der Waals surface area contributed by atoms with Gasteiger partial charge in [-0.2, -0.15) is 0 Å². The summed E-state index contributed by atoms with van der Waals surface area (Å²) >= 11 is 1.68. The van der Waals surface area contributed by atoms with E-state index in [-0.39, 0.29) is 0 Å². The quantitative estimate of drug-likeness (QED) is 0.778. The SMILES string of the molecule is COc1cc2c(cc1C=O)Sc1ccccc1N2C. The second kappa shape index (κ2) is 4.63. The largest absolute Gasteiger partial charge is 0.496 e. The summed E-state index contributed by atoms with van der Waals surface area (Å²) in [4.78, 5) is 15.5. The van der Waals surface area contributed by atoms with Crippen LogP contribution in [0.4, 0.5) is 11.4 Å². The fourth-order valence-corrected chi connectivity index (χ4v) is 3.43. The minimum Gasteiger partial charge on any atom is -0.496 e. The molecular formula is C15H13NO2S. The molecule has 0 radical (unpaired) electrons. The first kappa shape index (κ1) is 12.1. The van der Waals surface area contributed by atoms with Gasteiger partial charge in [0.25, 0.3) is 0 Å². The van der Waals surface area contributed by atoms with Gasteiger partial charge in [-0.05, 0) is 18.2 Å². The fourth-order valence-electron chi connectivity index (χ4n) is 2.25. The average molecular weight is 271 g/mol. The summed E-state index contributed by atoms with van der Waals surface area (Å²) in [6.07, 6.45) is 0.834. The van der Waals surface area contributed by atoms with Crippen LogP contribution in [0.25, 0.3) is 0 Å². The van der Waals surface area contributed by atoms with Crippen molar-refractivity contribution in [2.75, 3.05) is 19.1 Å². The minimum absolute atomic E-state index is 0.585. The van der Waals surface area contributed by atoms with Crippen LogP contribution < -0.4 is 9.64 Å². The highest BCUT2D eigenvalue weighted by atomic mass is 32.2. The summed E-state index contributed by atoms with van der Waals surface area (Å²) in [6, 6.07) is 12.0. The van der Waals surface area contributed by atoms with Crippen LogP contribution in [0.5, 0.6) is 5.75 Å². The molecule has 96 valence electrons. The lowest BCUT2D eigenvalue weighted by Crippen LogP contribution is -2.15. The number of fused-ring (bicyclic) bond motifs is 2. The molecule has 3 nitrogen and oxygen atoms in total. The van der Waals surface area contributed by atoms with Gasteiger partial charge in [0.2, 0.25) is 0 Å². The average Bonchev–Trinajstić information content (AvgIpc) is 2.46. The predicted octanol–water partition coefficient (Wildman–Crippen LogP) is 3.74. The normalized spacial score (nSPS) is 12.6. The van der Waals surface area contributed by atoms with Gasteiger partial charge in [-0.1, -0.05) is 23.9 Å². The molecule has 0 spiro atoms. The third-order valence-electron chi connectivity index (χ3n) is 3.25. The van der Waals surface area contributed by atoms with E-state index >= 15 is 0 Å². The third kappa shape index (κ3) is 1.88. The number of para-hydroxylation sites is 1. The van der Waals surface area contributed by atoms with Crippen molar-refractivity contribution < 1.29 is 9.53 Å². The van der Waals surface area contributed by atoms with Crippen molar-refractivity contribution in [1.29, 1.82) is 0 Å². The first-order valence-electron chi connectivity index (χ1n) is 5.92. The summed E-state index contributed by atoms with van der Waals surface area (Å²) in [5.41, 5.74) is 2.81. The molecule has 3 rings (SSSR count). The van der Waals surface area contributed by atoms with Crippen LogP contribution in [0, 0.1) is 0 Å². The first-order chi connectivity index (χ1) is 9.24. The highest BCUT2D eigenvalue weighted by Gasteiger charge is 2.22. The molecule has 2 aromatic rings. The summed E-state index contributed by atoms with van der Waals surface area (Å²) in [5, 5.41) is 0. The Hall–Kier alpha value is -1.94. The Morgan fingerprint density at radius 2 is 1.95 bits per heavy atom. The van der Waals surface area contributed by atoms with Gasteiger partial charge in [-0.15, -0.1) is 0 Å². The minimum atomic E-state index is 0.585. The maximum Gasteiger partial charge on any atom is 0.153 e. The molecule has 0 amide bonds. The van der Waals surface area contributed by atoms with Crippen molar-refractivity contribution in [3.8, 4) is 5.75 Å². The molecule has 0 fully saturated rings. The molecule has 2 aromatic carbocycles. The molecule has 1 aliphatic rings. The van der Waals surface area contributed by atoms with Crippen LogP contribution in [-0.2, 0) is 0 Å². The predicted molar refractivity (Wildman–Crippen MR) is 77.0 cm³/mol. The van der Waals surface area contributed by atoms with Gasteiger partial charge >= 0.3 is 0 Å². The van der Waals surface area contributed by atoms with Crippen molar-refractivity contribution in [3.05, 3.63) is 42.0 Å². The van der Waals surface area contributed by atoms with Crippen molar-refractivity contribution in [1.82, 2.24) is 0 Å². The number of methoxy groups -OCH3 is 1. The Labute approximate surface area is 116 Å². The third-order valence-corrected chi connectivity index (χ3v) is 4.36. The molecule has 0 N–H and O–H groups in total. The monoisotopic (exact) mass is 271 g/mol. The molecular weight excluding hydrogens is 258 g/mol. The van der Waals surface area contributed by atoms with Gasteiger partial charge in [0.15, 0.2) is 6.29 Å². The zero-order chi connectivity index (χ0) is 13.4. The molecule has 0 saturated heterocycles. The number of anilines is 2. The van der Waals surface area contributed by atoms with E-state index in [0.717, 1.165) is 16.9 Å². The lowest BCUT2D eigenvalue weighted by Gasteiger charge is -2.30. The second-order valence-corrected chi connectivity index (χ2v) is 5.39. The van der Waals surface area contributed by atoms with E-state index in [9.17, 15) is 4.79 Å². The Morgan fingerprint density at radius 3 is 2.68 bits per heavy atom. The molecule has 19 heavy (non-hydrogen) atoms. The Bertz CT molecular complexity index is 655. The Balaban J connectivity index is 2.17. The maximum atomic E-state index is 11.1. The highest BCUT2D eigenvalue weighted by molar-refractivity contribution is 7.99. The number of ether oxygens (including phenoxy) is 1. The van der Waals surface area contributed by atoms with Gasteiger partial charge < -0.3 is 9.64 Å². The number of aldehydes is 1. The maximum absolute atomic E-state index is 11.1. The highest BCUT2D eigenvalue weighted by Crippen LogP contribution is 2.48. The summed E-state index contributed by atoms with van der Waals surface area (Å²) in [6.45, 7) is 0. The molecule has 4 heteroatoms. The van der Waals surface area contributed by atoms with Gasteiger partial charge in [-0.25, -0.2) is 0 Å². The molecule has 0 aromatic heterocycles. The van der Waals surface area contributed by atoms with Crippen LogP contribution in [0.3, 0.4) is 0 Å². The lowest BCUT2D eigenvalue weighted by molar-refractivity contribution is 0.112. The van der Waals surface area contributed by atoms with Crippen molar-refractivity contribution in [3.63, 3.8) is 0 Å². The Kier molecular flexibility index (Phi) is 2.95. The lowest BCUT2D eigenvalue weighted by atomic mass is 10.1. The molecule has 0 aliphatic carbocycles.